The number of carbonyl (C=O) groups excluding carboxylic acids is 1. The van der Waals surface area contributed by atoms with Crippen molar-refractivity contribution in [2.75, 3.05) is 18.6 Å². The predicted octanol–water partition coefficient (Wildman–Crippen LogP) is 4.79. The molecule has 5 nitrogen and oxygen atoms in total. The third kappa shape index (κ3) is 3.27. The fourth-order valence-corrected chi connectivity index (χ4v) is 4.00. The molecule has 2 aromatic carbocycles. The number of aromatic nitrogens is 2. The highest BCUT2D eigenvalue weighted by Gasteiger charge is 2.36. The van der Waals surface area contributed by atoms with Crippen LogP contribution in [0.25, 0.3) is 11.0 Å². The van der Waals surface area contributed by atoms with Crippen molar-refractivity contribution in [3.63, 3.8) is 0 Å². The Bertz CT molecular complexity index is 1070. The summed E-state index contributed by atoms with van der Waals surface area (Å²) >= 11 is 6.17. The molecule has 1 saturated heterocycles. The lowest BCUT2D eigenvalue weighted by Crippen LogP contribution is -2.25. The third-order valence-corrected chi connectivity index (χ3v) is 5.27. The molecule has 28 heavy (non-hydrogen) atoms. The summed E-state index contributed by atoms with van der Waals surface area (Å²) in [6.45, 7) is 7.28. The number of carbonyl (C=O) groups is 1. The SMILES string of the molecule is C=C(C)Cn1c(C2CC(=O)N(c3cc(Cl)ccc3OC)C2)nc2ccccc21. The van der Waals surface area contributed by atoms with Crippen LogP contribution in [-0.2, 0) is 11.3 Å². The zero-order valence-corrected chi connectivity index (χ0v) is 16.7. The smallest absolute Gasteiger partial charge is 0.227 e. The van der Waals surface area contributed by atoms with Crippen molar-refractivity contribution in [3.8, 4) is 5.75 Å². The number of allylic oxidation sites excluding steroid dienone is 1. The molecule has 0 saturated carbocycles. The Hall–Kier alpha value is -2.79. The van der Waals surface area contributed by atoms with Crippen LogP contribution in [0.4, 0.5) is 5.69 Å². The van der Waals surface area contributed by atoms with Gasteiger partial charge in [0.25, 0.3) is 0 Å². The number of para-hydroxylation sites is 2. The van der Waals surface area contributed by atoms with Crippen molar-refractivity contribution in [1.82, 2.24) is 9.55 Å². The summed E-state index contributed by atoms with van der Waals surface area (Å²) in [7, 11) is 1.59. The summed E-state index contributed by atoms with van der Waals surface area (Å²) in [5, 5.41) is 0.571. The van der Waals surface area contributed by atoms with Gasteiger partial charge in [-0.3, -0.25) is 4.79 Å². The maximum absolute atomic E-state index is 12.9. The van der Waals surface area contributed by atoms with Gasteiger partial charge in [-0.2, -0.15) is 0 Å². The van der Waals surface area contributed by atoms with Crippen molar-refractivity contribution >= 4 is 34.2 Å². The van der Waals surface area contributed by atoms with Gasteiger partial charge in [-0.25, -0.2) is 4.98 Å². The van der Waals surface area contributed by atoms with Gasteiger partial charge in [0, 0.05) is 30.5 Å². The number of hydrogen-bond acceptors (Lipinski definition) is 3. The molecule has 0 radical (unpaired) electrons. The van der Waals surface area contributed by atoms with E-state index in [0.717, 1.165) is 22.4 Å². The summed E-state index contributed by atoms with van der Waals surface area (Å²) in [5.41, 5.74) is 3.74. The lowest BCUT2D eigenvalue weighted by atomic mass is 10.1. The normalized spacial score (nSPS) is 16.8. The van der Waals surface area contributed by atoms with E-state index in [0.29, 0.717) is 36.0 Å². The topological polar surface area (TPSA) is 47.4 Å². The van der Waals surface area contributed by atoms with E-state index in [-0.39, 0.29) is 11.8 Å². The summed E-state index contributed by atoms with van der Waals surface area (Å²) < 4.78 is 7.62. The number of fused-ring (bicyclic) bond motifs is 1. The number of rotatable bonds is 5. The highest BCUT2D eigenvalue weighted by Crippen LogP contribution is 2.38. The van der Waals surface area contributed by atoms with Crippen LogP contribution in [-0.4, -0.2) is 29.1 Å². The Balaban J connectivity index is 1.74. The van der Waals surface area contributed by atoms with Crippen LogP contribution in [0.15, 0.2) is 54.6 Å². The van der Waals surface area contributed by atoms with Crippen LogP contribution < -0.4 is 9.64 Å². The second-order valence-corrected chi connectivity index (χ2v) is 7.66. The van der Waals surface area contributed by atoms with E-state index in [2.05, 4.69) is 17.2 Å². The molecule has 0 spiro atoms. The number of ether oxygens (including phenoxy) is 1. The van der Waals surface area contributed by atoms with Crippen molar-refractivity contribution in [2.24, 2.45) is 0 Å². The first-order valence-corrected chi connectivity index (χ1v) is 9.59. The first kappa shape index (κ1) is 18.6. The molecule has 1 aliphatic heterocycles. The van der Waals surface area contributed by atoms with Gasteiger partial charge in [0.2, 0.25) is 5.91 Å². The second-order valence-electron chi connectivity index (χ2n) is 7.22. The van der Waals surface area contributed by atoms with Gasteiger partial charge < -0.3 is 14.2 Å². The molecule has 3 aromatic rings. The first-order chi connectivity index (χ1) is 13.5. The van der Waals surface area contributed by atoms with Gasteiger partial charge in [-0.15, -0.1) is 0 Å². The monoisotopic (exact) mass is 395 g/mol. The van der Waals surface area contributed by atoms with Gasteiger partial charge >= 0.3 is 0 Å². The Morgan fingerprint density at radius 2 is 2.11 bits per heavy atom. The van der Waals surface area contributed by atoms with Gasteiger partial charge in [0.05, 0.1) is 23.8 Å². The van der Waals surface area contributed by atoms with E-state index in [1.165, 1.54) is 0 Å². The highest BCUT2D eigenvalue weighted by atomic mass is 35.5. The average molecular weight is 396 g/mol. The van der Waals surface area contributed by atoms with Crippen molar-refractivity contribution in [3.05, 3.63) is 65.5 Å². The maximum Gasteiger partial charge on any atom is 0.227 e. The molecular weight excluding hydrogens is 374 g/mol. The summed E-state index contributed by atoms with van der Waals surface area (Å²) in [6.07, 6.45) is 0.398. The first-order valence-electron chi connectivity index (χ1n) is 9.21. The van der Waals surface area contributed by atoms with Crippen LogP contribution in [0.3, 0.4) is 0 Å². The summed E-state index contributed by atoms with van der Waals surface area (Å²) in [6, 6.07) is 13.4. The lowest BCUT2D eigenvalue weighted by Gasteiger charge is -2.20. The number of nitrogens with zero attached hydrogens (tertiary/aromatic N) is 3. The molecule has 0 aliphatic carbocycles. The molecule has 144 valence electrons. The minimum absolute atomic E-state index is 0.0112. The number of imidazole rings is 1. The molecule has 1 amide bonds. The van der Waals surface area contributed by atoms with Gasteiger partial charge in [0.15, 0.2) is 0 Å². The predicted molar refractivity (Wildman–Crippen MR) is 112 cm³/mol. The molecule has 1 fully saturated rings. The van der Waals surface area contributed by atoms with E-state index < -0.39 is 0 Å². The standard InChI is InChI=1S/C22H22ClN3O2/c1-14(2)12-26-18-7-5-4-6-17(18)24-22(26)15-10-21(27)25(13-15)19-11-16(23)8-9-20(19)28-3/h4-9,11,15H,1,10,12-13H2,2-3H3. The number of amides is 1. The lowest BCUT2D eigenvalue weighted by molar-refractivity contribution is -0.117. The summed E-state index contributed by atoms with van der Waals surface area (Å²) in [5.74, 6) is 1.58. The molecule has 6 heteroatoms. The van der Waals surface area contributed by atoms with E-state index in [1.54, 1.807) is 30.2 Å². The molecular formula is C22H22ClN3O2. The minimum Gasteiger partial charge on any atom is -0.495 e. The zero-order valence-electron chi connectivity index (χ0n) is 16.0. The maximum atomic E-state index is 12.9. The Labute approximate surface area is 169 Å². The molecule has 0 bridgehead atoms. The van der Waals surface area contributed by atoms with Crippen molar-refractivity contribution in [2.45, 2.75) is 25.8 Å². The minimum atomic E-state index is -0.0112. The van der Waals surface area contributed by atoms with Crippen molar-refractivity contribution in [1.29, 1.82) is 0 Å². The van der Waals surface area contributed by atoms with E-state index in [1.807, 2.05) is 25.1 Å². The van der Waals surface area contributed by atoms with Gasteiger partial charge in [-0.1, -0.05) is 35.9 Å². The number of benzene rings is 2. The zero-order chi connectivity index (χ0) is 19.8. The second kappa shape index (κ2) is 7.32. The number of methoxy groups -OCH3 is 1. The molecule has 0 N–H and O–H groups in total. The highest BCUT2D eigenvalue weighted by molar-refractivity contribution is 6.31. The van der Waals surface area contributed by atoms with Crippen molar-refractivity contribution < 1.29 is 9.53 Å². The fourth-order valence-electron chi connectivity index (χ4n) is 3.83. The number of halogens is 1. The molecule has 1 unspecified atom stereocenters. The third-order valence-electron chi connectivity index (χ3n) is 5.03. The van der Waals surface area contributed by atoms with Crippen LogP contribution in [0.2, 0.25) is 5.02 Å². The van der Waals surface area contributed by atoms with Gasteiger partial charge in [-0.05, 0) is 37.3 Å². The van der Waals surface area contributed by atoms with Crippen LogP contribution in [0, 0.1) is 0 Å². The molecule has 4 rings (SSSR count). The van der Waals surface area contributed by atoms with Crippen LogP contribution >= 0.6 is 11.6 Å². The molecule has 1 aromatic heterocycles. The fraction of sp³-hybridized carbons (Fsp3) is 0.273. The Kier molecular flexibility index (Phi) is 4.85. The van der Waals surface area contributed by atoms with Crippen LogP contribution in [0.1, 0.15) is 25.1 Å². The Morgan fingerprint density at radius 3 is 2.86 bits per heavy atom. The molecule has 2 heterocycles. The molecule has 1 atom stereocenters. The van der Waals surface area contributed by atoms with E-state index in [9.17, 15) is 4.79 Å². The van der Waals surface area contributed by atoms with E-state index >= 15 is 0 Å². The Morgan fingerprint density at radius 1 is 1.32 bits per heavy atom. The summed E-state index contributed by atoms with van der Waals surface area (Å²) in [4.78, 5) is 19.5. The number of hydrogen-bond donors (Lipinski definition) is 0. The van der Waals surface area contributed by atoms with E-state index in [4.69, 9.17) is 21.3 Å². The number of anilines is 1. The molecule has 1 aliphatic rings. The largest absolute Gasteiger partial charge is 0.495 e. The van der Waals surface area contributed by atoms with Gasteiger partial charge in [0.1, 0.15) is 11.6 Å². The average Bonchev–Trinajstić information content (AvgIpc) is 3.22. The quantitative estimate of drug-likeness (QED) is 0.583. The van der Waals surface area contributed by atoms with Crippen LogP contribution in [0.5, 0.6) is 5.75 Å².